The summed E-state index contributed by atoms with van der Waals surface area (Å²) in [4.78, 5) is 11.9. The monoisotopic (exact) mass is 503 g/mol. The summed E-state index contributed by atoms with van der Waals surface area (Å²) in [5.74, 6) is 1.36. The van der Waals surface area contributed by atoms with Crippen molar-refractivity contribution in [3.63, 3.8) is 0 Å². The Kier molecular flexibility index (Phi) is 11.0. The second-order valence-corrected chi connectivity index (χ2v) is 7.62. The van der Waals surface area contributed by atoms with Crippen LogP contribution in [0, 0.1) is 0 Å². The second kappa shape index (κ2) is 12.4. The standard InChI is InChI=1S/C21H37N5O.HI/c1-6-22-21(23-11-12-26(17(2)3)18(4)5)25-15-13-24(14-16-25)19-9-7-8-10-20(19)27;/h7-10,17-18,27H,6,11-16H2,1-5H3,(H,22,23);1H. The summed E-state index contributed by atoms with van der Waals surface area (Å²) < 4.78 is 0. The molecule has 1 aromatic rings. The zero-order chi connectivity index (χ0) is 19.8. The molecular weight excluding hydrogens is 465 g/mol. The van der Waals surface area contributed by atoms with E-state index in [1.165, 1.54) is 0 Å². The lowest BCUT2D eigenvalue weighted by Gasteiger charge is -2.38. The number of hydrogen-bond acceptors (Lipinski definition) is 4. The second-order valence-electron chi connectivity index (χ2n) is 7.62. The molecule has 2 rings (SSSR count). The maximum atomic E-state index is 10.1. The fourth-order valence-electron chi connectivity index (χ4n) is 3.70. The zero-order valence-corrected chi connectivity index (χ0v) is 20.4. The number of rotatable bonds is 7. The SMILES string of the molecule is CCNC(=NCCN(C(C)C)C(C)C)N1CCN(c2ccccc2O)CC1.I. The molecule has 0 bridgehead atoms. The largest absolute Gasteiger partial charge is 0.506 e. The van der Waals surface area contributed by atoms with Gasteiger partial charge >= 0.3 is 0 Å². The maximum Gasteiger partial charge on any atom is 0.194 e. The lowest BCUT2D eigenvalue weighted by atomic mass is 10.2. The molecule has 1 fully saturated rings. The van der Waals surface area contributed by atoms with E-state index in [9.17, 15) is 5.11 Å². The minimum atomic E-state index is 0. The Labute approximate surface area is 188 Å². The number of guanidine groups is 1. The molecular formula is C21H38IN5O. The van der Waals surface area contributed by atoms with Crippen LogP contribution < -0.4 is 10.2 Å². The molecule has 1 aliphatic heterocycles. The normalized spacial score (nSPS) is 15.4. The number of anilines is 1. The van der Waals surface area contributed by atoms with E-state index in [4.69, 9.17) is 4.99 Å². The first-order valence-electron chi connectivity index (χ1n) is 10.3. The summed E-state index contributed by atoms with van der Waals surface area (Å²) in [6.07, 6.45) is 0. The quantitative estimate of drug-likeness (QED) is 0.340. The van der Waals surface area contributed by atoms with Crippen molar-refractivity contribution in [2.45, 2.75) is 46.7 Å². The highest BCUT2D eigenvalue weighted by Gasteiger charge is 2.21. The van der Waals surface area contributed by atoms with E-state index < -0.39 is 0 Å². The number of para-hydroxylation sites is 2. The summed E-state index contributed by atoms with van der Waals surface area (Å²) >= 11 is 0. The van der Waals surface area contributed by atoms with Gasteiger partial charge in [-0.3, -0.25) is 9.89 Å². The Morgan fingerprint density at radius 1 is 1.11 bits per heavy atom. The van der Waals surface area contributed by atoms with E-state index in [0.717, 1.165) is 57.5 Å². The number of aliphatic imine (C=N–C) groups is 1. The molecule has 160 valence electrons. The number of phenolic OH excluding ortho intramolecular Hbond substituents is 1. The topological polar surface area (TPSA) is 54.3 Å². The number of halogens is 1. The highest BCUT2D eigenvalue weighted by atomic mass is 127. The third-order valence-electron chi connectivity index (χ3n) is 5.08. The van der Waals surface area contributed by atoms with Gasteiger partial charge in [0.1, 0.15) is 5.75 Å². The van der Waals surface area contributed by atoms with Crippen LogP contribution in [-0.4, -0.2) is 78.8 Å². The van der Waals surface area contributed by atoms with Crippen LogP contribution >= 0.6 is 24.0 Å². The van der Waals surface area contributed by atoms with Crippen LogP contribution in [0.3, 0.4) is 0 Å². The van der Waals surface area contributed by atoms with Gasteiger partial charge in [0.15, 0.2) is 5.96 Å². The average Bonchev–Trinajstić information content (AvgIpc) is 2.64. The minimum Gasteiger partial charge on any atom is -0.506 e. The first-order chi connectivity index (χ1) is 12.9. The molecule has 0 aliphatic carbocycles. The van der Waals surface area contributed by atoms with Gasteiger partial charge in [0.25, 0.3) is 0 Å². The van der Waals surface area contributed by atoms with Crippen molar-refractivity contribution < 1.29 is 5.11 Å². The van der Waals surface area contributed by atoms with Crippen molar-refractivity contribution in [1.82, 2.24) is 15.1 Å². The summed E-state index contributed by atoms with van der Waals surface area (Å²) in [5, 5.41) is 13.5. The average molecular weight is 503 g/mol. The molecule has 1 aromatic carbocycles. The lowest BCUT2D eigenvalue weighted by molar-refractivity contribution is 0.180. The number of aromatic hydroxyl groups is 1. The van der Waals surface area contributed by atoms with Crippen molar-refractivity contribution in [3.05, 3.63) is 24.3 Å². The van der Waals surface area contributed by atoms with Gasteiger partial charge in [-0.1, -0.05) is 12.1 Å². The molecule has 6 nitrogen and oxygen atoms in total. The zero-order valence-electron chi connectivity index (χ0n) is 18.1. The molecule has 0 atom stereocenters. The van der Waals surface area contributed by atoms with Crippen molar-refractivity contribution in [1.29, 1.82) is 0 Å². The molecule has 1 saturated heterocycles. The molecule has 28 heavy (non-hydrogen) atoms. The molecule has 1 aliphatic rings. The molecule has 0 aromatic heterocycles. The van der Waals surface area contributed by atoms with Gasteiger partial charge in [0.05, 0.1) is 12.2 Å². The van der Waals surface area contributed by atoms with Crippen LogP contribution in [0.4, 0.5) is 5.69 Å². The van der Waals surface area contributed by atoms with Gasteiger partial charge < -0.3 is 20.2 Å². The summed E-state index contributed by atoms with van der Waals surface area (Å²) in [6, 6.07) is 8.64. The Morgan fingerprint density at radius 3 is 2.25 bits per heavy atom. The predicted molar refractivity (Wildman–Crippen MR) is 130 cm³/mol. The third-order valence-corrected chi connectivity index (χ3v) is 5.08. The van der Waals surface area contributed by atoms with E-state index in [1.807, 2.05) is 18.2 Å². The molecule has 2 N–H and O–H groups in total. The number of hydrogen-bond donors (Lipinski definition) is 2. The number of nitrogens with zero attached hydrogens (tertiary/aromatic N) is 4. The molecule has 1 heterocycles. The van der Waals surface area contributed by atoms with Crippen LogP contribution in [0.25, 0.3) is 0 Å². The fourth-order valence-corrected chi connectivity index (χ4v) is 3.70. The Hall–Kier alpha value is -1.22. The Bertz CT molecular complexity index is 592. The van der Waals surface area contributed by atoms with Crippen LogP contribution in [0.5, 0.6) is 5.75 Å². The van der Waals surface area contributed by atoms with Gasteiger partial charge in [0.2, 0.25) is 0 Å². The number of nitrogens with one attached hydrogen (secondary N) is 1. The summed E-state index contributed by atoms with van der Waals surface area (Å²) in [5.41, 5.74) is 0.920. The number of piperazine rings is 1. The van der Waals surface area contributed by atoms with Crippen LogP contribution in [0.2, 0.25) is 0 Å². The summed E-state index contributed by atoms with van der Waals surface area (Å²) in [6.45, 7) is 17.3. The van der Waals surface area contributed by atoms with E-state index in [1.54, 1.807) is 6.07 Å². The summed E-state index contributed by atoms with van der Waals surface area (Å²) in [7, 11) is 0. The first kappa shape index (κ1) is 24.8. The lowest BCUT2D eigenvalue weighted by Crippen LogP contribution is -2.52. The van der Waals surface area contributed by atoms with Gasteiger partial charge in [-0.2, -0.15) is 0 Å². The molecule has 0 radical (unpaired) electrons. The molecule has 0 amide bonds. The Morgan fingerprint density at radius 2 is 1.71 bits per heavy atom. The van der Waals surface area contributed by atoms with Crippen molar-refractivity contribution in [2.24, 2.45) is 4.99 Å². The maximum absolute atomic E-state index is 10.1. The smallest absolute Gasteiger partial charge is 0.194 e. The third kappa shape index (κ3) is 6.99. The minimum absolute atomic E-state index is 0. The molecule has 0 saturated carbocycles. The highest BCUT2D eigenvalue weighted by Crippen LogP contribution is 2.27. The fraction of sp³-hybridized carbons (Fsp3) is 0.667. The van der Waals surface area contributed by atoms with E-state index >= 15 is 0 Å². The Balaban J connectivity index is 0.00000392. The molecule has 0 spiro atoms. The molecule has 7 heteroatoms. The van der Waals surface area contributed by atoms with Gasteiger partial charge in [-0.05, 0) is 46.8 Å². The van der Waals surface area contributed by atoms with Crippen molar-refractivity contribution >= 4 is 35.6 Å². The van der Waals surface area contributed by atoms with Crippen LogP contribution in [0.1, 0.15) is 34.6 Å². The number of benzene rings is 1. The number of phenols is 1. The van der Waals surface area contributed by atoms with Crippen molar-refractivity contribution in [3.8, 4) is 5.75 Å². The van der Waals surface area contributed by atoms with Gasteiger partial charge in [0, 0.05) is 51.4 Å². The van der Waals surface area contributed by atoms with Gasteiger partial charge in [-0.15, -0.1) is 24.0 Å². The van der Waals surface area contributed by atoms with Crippen molar-refractivity contribution in [2.75, 3.05) is 50.7 Å². The van der Waals surface area contributed by atoms with Crippen LogP contribution in [0.15, 0.2) is 29.3 Å². The highest BCUT2D eigenvalue weighted by molar-refractivity contribution is 14.0. The van der Waals surface area contributed by atoms with E-state index in [-0.39, 0.29) is 24.0 Å². The van der Waals surface area contributed by atoms with E-state index in [2.05, 4.69) is 54.6 Å². The van der Waals surface area contributed by atoms with Gasteiger partial charge in [-0.25, -0.2) is 0 Å². The van der Waals surface area contributed by atoms with E-state index in [0.29, 0.717) is 17.8 Å². The van der Waals surface area contributed by atoms with Crippen LogP contribution in [-0.2, 0) is 0 Å². The predicted octanol–water partition coefficient (Wildman–Crippen LogP) is 3.22. The molecule has 0 unspecified atom stereocenters. The first-order valence-corrected chi connectivity index (χ1v) is 10.3.